The van der Waals surface area contributed by atoms with Crippen LogP contribution in [0.4, 0.5) is 0 Å². The smallest absolute Gasteiger partial charge is 0.224 e. The molecule has 0 bridgehead atoms. The lowest BCUT2D eigenvalue weighted by molar-refractivity contribution is -0.125. The first kappa shape index (κ1) is 16.5. The highest BCUT2D eigenvalue weighted by atomic mass is 16.5. The predicted molar refractivity (Wildman–Crippen MR) is 81.7 cm³/mol. The Morgan fingerprint density at radius 1 is 1.40 bits per heavy atom. The first-order chi connectivity index (χ1) is 9.52. The highest BCUT2D eigenvalue weighted by Gasteiger charge is 2.17. The maximum Gasteiger partial charge on any atom is 0.224 e. The van der Waals surface area contributed by atoms with Crippen molar-refractivity contribution in [2.75, 3.05) is 19.7 Å². The Kier molecular flexibility index (Phi) is 7.09. The summed E-state index contributed by atoms with van der Waals surface area (Å²) in [7, 11) is 0. The second kappa shape index (κ2) is 8.59. The minimum absolute atomic E-state index is 0.0223. The summed E-state index contributed by atoms with van der Waals surface area (Å²) in [4.78, 5) is 11.9. The Morgan fingerprint density at radius 2 is 2.15 bits per heavy atom. The molecule has 3 N–H and O–H groups in total. The average Bonchev–Trinajstić information content (AvgIpc) is 2.40. The lowest BCUT2D eigenvalue weighted by atomic mass is 9.96. The topological polar surface area (TPSA) is 64.3 Å². The van der Waals surface area contributed by atoms with Gasteiger partial charge in [0.2, 0.25) is 5.91 Å². The third kappa shape index (κ3) is 6.06. The Hall–Kier alpha value is -1.55. The number of amides is 1. The van der Waals surface area contributed by atoms with E-state index in [2.05, 4.69) is 19.2 Å². The number of hydrogen-bond acceptors (Lipinski definition) is 3. The van der Waals surface area contributed by atoms with Gasteiger partial charge in [0.15, 0.2) is 0 Å². The van der Waals surface area contributed by atoms with Crippen molar-refractivity contribution in [2.24, 2.45) is 17.6 Å². The summed E-state index contributed by atoms with van der Waals surface area (Å²) in [6, 6.07) is 7.86. The molecule has 112 valence electrons. The number of hydrogen-bond donors (Lipinski definition) is 2. The Bertz CT molecular complexity index is 419. The lowest BCUT2D eigenvalue weighted by Gasteiger charge is -2.17. The second-order valence-corrected chi connectivity index (χ2v) is 5.52. The number of aryl methyl sites for hydroxylation is 1. The standard InChI is InChI=1S/C16H26N2O2/c1-12(2)9-14(11-17)16(19)18-7-8-20-15-6-4-5-13(3)10-15/h4-6,10,12,14H,7-9,11,17H2,1-3H3,(H,18,19). The van der Waals surface area contributed by atoms with Crippen molar-refractivity contribution < 1.29 is 9.53 Å². The zero-order valence-electron chi connectivity index (χ0n) is 12.7. The van der Waals surface area contributed by atoms with E-state index in [9.17, 15) is 4.79 Å². The van der Waals surface area contributed by atoms with Crippen LogP contribution in [0.15, 0.2) is 24.3 Å². The van der Waals surface area contributed by atoms with Gasteiger partial charge in [-0.2, -0.15) is 0 Å². The SMILES string of the molecule is Cc1cccc(OCCNC(=O)C(CN)CC(C)C)c1. The number of carbonyl (C=O) groups excluding carboxylic acids is 1. The van der Waals surface area contributed by atoms with Crippen molar-refractivity contribution in [3.8, 4) is 5.75 Å². The van der Waals surface area contributed by atoms with E-state index in [4.69, 9.17) is 10.5 Å². The van der Waals surface area contributed by atoms with Crippen molar-refractivity contribution in [3.05, 3.63) is 29.8 Å². The zero-order chi connectivity index (χ0) is 15.0. The molecule has 1 atom stereocenters. The summed E-state index contributed by atoms with van der Waals surface area (Å²) in [5.74, 6) is 1.22. The minimum Gasteiger partial charge on any atom is -0.492 e. The Morgan fingerprint density at radius 3 is 2.75 bits per heavy atom. The normalized spacial score (nSPS) is 12.2. The van der Waals surface area contributed by atoms with Crippen LogP contribution in [0.5, 0.6) is 5.75 Å². The van der Waals surface area contributed by atoms with Crippen molar-refractivity contribution >= 4 is 5.91 Å². The van der Waals surface area contributed by atoms with E-state index in [1.807, 2.05) is 31.2 Å². The molecule has 0 heterocycles. The van der Waals surface area contributed by atoms with Crippen molar-refractivity contribution in [1.82, 2.24) is 5.32 Å². The van der Waals surface area contributed by atoms with E-state index in [0.717, 1.165) is 17.7 Å². The van der Waals surface area contributed by atoms with E-state index in [0.29, 0.717) is 25.6 Å². The van der Waals surface area contributed by atoms with Gasteiger partial charge in [-0.15, -0.1) is 0 Å². The van der Waals surface area contributed by atoms with Crippen LogP contribution in [-0.4, -0.2) is 25.6 Å². The summed E-state index contributed by atoms with van der Waals surface area (Å²) < 4.78 is 5.59. The van der Waals surface area contributed by atoms with E-state index in [1.54, 1.807) is 0 Å². The summed E-state index contributed by atoms with van der Waals surface area (Å²) in [5.41, 5.74) is 6.80. The molecule has 1 rings (SSSR count). The van der Waals surface area contributed by atoms with Gasteiger partial charge in [0.1, 0.15) is 12.4 Å². The molecule has 0 aliphatic heterocycles. The maximum atomic E-state index is 11.9. The number of benzene rings is 1. The van der Waals surface area contributed by atoms with E-state index in [-0.39, 0.29) is 11.8 Å². The molecule has 0 saturated carbocycles. The molecule has 1 aromatic carbocycles. The Labute approximate surface area is 121 Å². The average molecular weight is 278 g/mol. The van der Waals surface area contributed by atoms with E-state index < -0.39 is 0 Å². The van der Waals surface area contributed by atoms with Crippen molar-refractivity contribution in [2.45, 2.75) is 27.2 Å². The summed E-state index contributed by atoms with van der Waals surface area (Å²) >= 11 is 0. The van der Waals surface area contributed by atoms with Gasteiger partial charge in [-0.1, -0.05) is 26.0 Å². The van der Waals surface area contributed by atoms with Crippen LogP contribution in [0.25, 0.3) is 0 Å². The molecule has 0 radical (unpaired) electrons. The van der Waals surface area contributed by atoms with Gasteiger partial charge in [-0.05, 0) is 37.0 Å². The molecule has 0 aliphatic carbocycles. The fourth-order valence-electron chi connectivity index (χ4n) is 2.07. The molecule has 20 heavy (non-hydrogen) atoms. The number of nitrogens with one attached hydrogen (secondary N) is 1. The van der Waals surface area contributed by atoms with Crippen LogP contribution >= 0.6 is 0 Å². The van der Waals surface area contributed by atoms with Gasteiger partial charge in [-0.3, -0.25) is 4.79 Å². The van der Waals surface area contributed by atoms with Crippen LogP contribution in [0.1, 0.15) is 25.8 Å². The van der Waals surface area contributed by atoms with Crippen LogP contribution < -0.4 is 15.8 Å². The predicted octanol–water partition coefficient (Wildman–Crippen LogP) is 2.11. The molecule has 0 aliphatic rings. The quantitative estimate of drug-likeness (QED) is 0.716. The third-order valence-corrected chi connectivity index (χ3v) is 3.07. The molecule has 0 spiro atoms. The highest BCUT2D eigenvalue weighted by Crippen LogP contribution is 2.12. The molecule has 0 fully saturated rings. The van der Waals surface area contributed by atoms with Crippen LogP contribution in [0, 0.1) is 18.8 Å². The summed E-state index contributed by atoms with van der Waals surface area (Å²) in [6.45, 7) is 7.57. The lowest BCUT2D eigenvalue weighted by Crippen LogP contribution is -2.37. The monoisotopic (exact) mass is 278 g/mol. The van der Waals surface area contributed by atoms with Crippen LogP contribution in [0.2, 0.25) is 0 Å². The fraction of sp³-hybridized carbons (Fsp3) is 0.562. The van der Waals surface area contributed by atoms with Gasteiger partial charge in [0.05, 0.1) is 12.5 Å². The largest absolute Gasteiger partial charge is 0.492 e. The second-order valence-electron chi connectivity index (χ2n) is 5.52. The number of carbonyl (C=O) groups is 1. The highest BCUT2D eigenvalue weighted by molar-refractivity contribution is 5.78. The third-order valence-electron chi connectivity index (χ3n) is 3.07. The molecule has 1 aromatic rings. The number of rotatable bonds is 8. The van der Waals surface area contributed by atoms with Crippen LogP contribution in [0.3, 0.4) is 0 Å². The molecule has 0 saturated heterocycles. The maximum absolute atomic E-state index is 11.9. The number of ether oxygens (including phenoxy) is 1. The summed E-state index contributed by atoms with van der Waals surface area (Å²) in [5, 5.41) is 2.88. The van der Waals surface area contributed by atoms with Gasteiger partial charge < -0.3 is 15.8 Å². The first-order valence-corrected chi connectivity index (χ1v) is 7.20. The minimum atomic E-state index is -0.103. The van der Waals surface area contributed by atoms with Gasteiger partial charge in [-0.25, -0.2) is 0 Å². The Balaban J connectivity index is 2.27. The van der Waals surface area contributed by atoms with Gasteiger partial charge in [0, 0.05) is 6.54 Å². The summed E-state index contributed by atoms with van der Waals surface area (Å²) in [6.07, 6.45) is 0.821. The van der Waals surface area contributed by atoms with Crippen molar-refractivity contribution in [3.63, 3.8) is 0 Å². The van der Waals surface area contributed by atoms with Gasteiger partial charge >= 0.3 is 0 Å². The molecule has 1 amide bonds. The zero-order valence-corrected chi connectivity index (χ0v) is 12.7. The number of nitrogens with two attached hydrogens (primary N) is 1. The van der Waals surface area contributed by atoms with E-state index >= 15 is 0 Å². The molecule has 0 aromatic heterocycles. The van der Waals surface area contributed by atoms with E-state index in [1.165, 1.54) is 0 Å². The molecular weight excluding hydrogens is 252 g/mol. The molecule has 4 nitrogen and oxygen atoms in total. The first-order valence-electron chi connectivity index (χ1n) is 7.20. The van der Waals surface area contributed by atoms with Crippen molar-refractivity contribution in [1.29, 1.82) is 0 Å². The van der Waals surface area contributed by atoms with Gasteiger partial charge in [0.25, 0.3) is 0 Å². The molecule has 1 unspecified atom stereocenters. The van der Waals surface area contributed by atoms with Crippen LogP contribution in [-0.2, 0) is 4.79 Å². The molecular formula is C16H26N2O2. The fourth-order valence-corrected chi connectivity index (χ4v) is 2.07. The molecule has 4 heteroatoms.